The molecule has 0 bridgehead atoms. The summed E-state index contributed by atoms with van der Waals surface area (Å²) in [7, 11) is 0. The van der Waals surface area contributed by atoms with Crippen molar-refractivity contribution in [1.82, 2.24) is 5.32 Å². The van der Waals surface area contributed by atoms with Crippen molar-refractivity contribution in [2.75, 3.05) is 19.8 Å². The van der Waals surface area contributed by atoms with Gasteiger partial charge in [-0.15, -0.1) is 0 Å². The predicted molar refractivity (Wildman–Crippen MR) is 393 cm³/mol. The number of aliphatic hydroxyl groups excluding tert-OH is 8. The first kappa shape index (κ1) is 90.1. The van der Waals surface area contributed by atoms with Gasteiger partial charge in [-0.05, 0) is 12.8 Å². The van der Waals surface area contributed by atoms with Gasteiger partial charge in [0.25, 0.3) is 0 Å². The van der Waals surface area contributed by atoms with Gasteiger partial charge in [-0.1, -0.05) is 399 Å². The molecule has 14 nitrogen and oxygen atoms in total. The van der Waals surface area contributed by atoms with Gasteiger partial charge in [-0.25, -0.2) is 0 Å². The van der Waals surface area contributed by atoms with E-state index in [1.807, 2.05) is 0 Å². The van der Waals surface area contributed by atoms with Crippen LogP contribution in [0.1, 0.15) is 418 Å². The average Bonchev–Trinajstić information content (AvgIpc) is 0.801. The zero-order valence-corrected chi connectivity index (χ0v) is 62.2. The van der Waals surface area contributed by atoms with Gasteiger partial charge in [0.2, 0.25) is 5.91 Å². The van der Waals surface area contributed by atoms with Crippen molar-refractivity contribution in [3.05, 3.63) is 0 Å². The number of ether oxygens (including phenoxy) is 4. The second-order valence-electron chi connectivity index (χ2n) is 30.0. The van der Waals surface area contributed by atoms with Crippen molar-refractivity contribution in [3.8, 4) is 0 Å². The zero-order valence-electron chi connectivity index (χ0n) is 62.2. The Morgan fingerprint density at radius 2 is 0.600 bits per heavy atom. The highest BCUT2D eigenvalue weighted by molar-refractivity contribution is 5.76. The second kappa shape index (κ2) is 66.2. The van der Waals surface area contributed by atoms with Crippen LogP contribution in [-0.2, 0) is 23.7 Å². The molecule has 14 heteroatoms. The minimum atomic E-state index is -1.78. The highest BCUT2D eigenvalue weighted by atomic mass is 16.7. The Morgan fingerprint density at radius 3 is 0.895 bits per heavy atom. The fourth-order valence-electron chi connectivity index (χ4n) is 14.5. The van der Waals surface area contributed by atoms with E-state index in [0.717, 1.165) is 51.4 Å². The Bertz CT molecular complexity index is 1600. The lowest BCUT2D eigenvalue weighted by molar-refractivity contribution is -0.359. The van der Waals surface area contributed by atoms with Crippen LogP contribution in [0.15, 0.2) is 0 Å². The Hall–Kier alpha value is -1.01. The number of rotatable bonds is 72. The predicted octanol–water partition coefficient (Wildman–Crippen LogP) is 19.1. The molecule has 2 saturated heterocycles. The van der Waals surface area contributed by atoms with Crippen LogP contribution in [0.2, 0.25) is 0 Å². The minimum absolute atomic E-state index is 0.195. The summed E-state index contributed by atoms with van der Waals surface area (Å²) in [6.45, 7) is 2.94. The van der Waals surface area contributed by atoms with Crippen LogP contribution < -0.4 is 5.32 Å². The van der Waals surface area contributed by atoms with Gasteiger partial charge >= 0.3 is 0 Å². The summed E-state index contributed by atoms with van der Waals surface area (Å²) in [5, 5.41) is 87.8. The average molecular weight is 1360 g/mol. The minimum Gasteiger partial charge on any atom is -0.394 e. The van der Waals surface area contributed by atoms with Crippen LogP contribution in [0.5, 0.6) is 0 Å². The maximum Gasteiger partial charge on any atom is 0.220 e. The summed E-state index contributed by atoms with van der Waals surface area (Å²) >= 11 is 0. The summed E-state index contributed by atoms with van der Waals surface area (Å²) in [5.74, 6) is -0.195. The van der Waals surface area contributed by atoms with Gasteiger partial charge in [-0.2, -0.15) is 0 Å². The number of hydrogen-bond donors (Lipinski definition) is 9. The van der Waals surface area contributed by atoms with E-state index in [4.69, 9.17) is 18.9 Å². The van der Waals surface area contributed by atoms with E-state index >= 15 is 0 Å². The molecule has 2 fully saturated rings. The summed E-state index contributed by atoms with van der Waals surface area (Å²) in [6, 6.07) is -0.825. The third kappa shape index (κ3) is 49.3. The largest absolute Gasteiger partial charge is 0.394 e. The molecule has 12 atom stereocenters. The smallest absolute Gasteiger partial charge is 0.220 e. The highest BCUT2D eigenvalue weighted by Gasteiger charge is 2.51. The molecule has 0 aromatic heterocycles. The normalized spacial score (nSPS) is 22.2. The Morgan fingerprint density at radius 1 is 0.337 bits per heavy atom. The molecular formula is C81H159NO13. The fraction of sp³-hybridized carbons (Fsp3) is 0.988. The van der Waals surface area contributed by atoms with Gasteiger partial charge < -0.3 is 65.1 Å². The van der Waals surface area contributed by atoms with Crippen molar-refractivity contribution in [1.29, 1.82) is 0 Å². The van der Waals surface area contributed by atoms with Crippen LogP contribution in [0.3, 0.4) is 0 Å². The van der Waals surface area contributed by atoms with E-state index in [-0.39, 0.29) is 12.5 Å². The van der Waals surface area contributed by atoms with Crippen molar-refractivity contribution < 1.29 is 64.6 Å². The molecule has 0 aromatic rings. The van der Waals surface area contributed by atoms with Gasteiger partial charge in [0.1, 0.15) is 48.8 Å². The highest BCUT2D eigenvalue weighted by Crippen LogP contribution is 2.31. The molecule has 0 spiro atoms. The van der Waals surface area contributed by atoms with Gasteiger partial charge in [0.05, 0.1) is 32.0 Å². The van der Waals surface area contributed by atoms with Gasteiger partial charge in [0, 0.05) is 6.42 Å². The first-order valence-electron chi connectivity index (χ1n) is 41.8. The van der Waals surface area contributed by atoms with Crippen molar-refractivity contribution >= 4 is 5.91 Å². The SMILES string of the molecule is CCCCCCCCCCCCCCCCCCCCCCCCCCCCCCCCCCCCCCCCCCC(=O)NC(COC1OC(CO)C(OC2OC(CO)C(O)C(O)C2O)C(O)C1O)C(O)CCCCCCCCCCCCCCCCCCCCCCC. The van der Waals surface area contributed by atoms with Crippen molar-refractivity contribution in [3.63, 3.8) is 0 Å². The zero-order chi connectivity index (χ0) is 68.7. The molecule has 566 valence electrons. The number of hydrogen-bond acceptors (Lipinski definition) is 13. The molecular weight excluding hydrogens is 1190 g/mol. The summed E-state index contributed by atoms with van der Waals surface area (Å²) < 4.78 is 23.0. The van der Waals surface area contributed by atoms with Crippen molar-refractivity contribution in [2.24, 2.45) is 0 Å². The van der Waals surface area contributed by atoms with Gasteiger partial charge in [-0.3, -0.25) is 4.79 Å². The molecule has 0 radical (unpaired) electrons. The summed E-state index contributed by atoms with van der Waals surface area (Å²) in [4.78, 5) is 13.4. The van der Waals surface area contributed by atoms with Crippen LogP contribution in [0, 0.1) is 0 Å². The number of amides is 1. The first-order valence-corrected chi connectivity index (χ1v) is 41.8. The van der Waals surface area contributed by atoms with E-state index in [1.54, 1.807) is 0 Å². The third-order valence-corrected chi connectivity index (χ3v) is 21.1. The van der Waals surface area contributed by atoms with Crippen LogP contribution in [0.25, 0.3) is 0 Å². The maximum atomic E-state index is 13.4. The van der Waals surface area contributed by atoms with E-state index in [9.17, 15) is 45.6 Å². The quantitative estimate of drug-likeness (QED) is 0.0259. The van der Waals surface area contributed by atoms with Crippen LogP contribution in [0.4, 0.5) is 0 Å². The second-order valence-corrected chi connectivity index (χ2v) is 30.0. The van der Waals surface area contributed by atoms with Gasteiger partial charge in [0.15, 0.2) is 12.6 Å². The molecule has 0 saturated carbocycles. The van der Waals surface area contributed by atoms with E-state index in [2.05, 4.69) is 19.2 Å². The molecule has 2 heterocycles. The Kier molecular flexibility index (Phi) is 62.8. The maximum absolute atomic E-state index is 13.4. The number of nitrogens with one attached hydrogen (secondary N) is 1. The number of unbranched alkanes of at least 4 members (excludes halogenated alkanes) is 59. The third-order valence-electron chi connectivity index (χ3n) is 21.1. The molecule has 1 amide bonds. The molecule has 12 unspecified atom stereocenters. The van der Waals surface area contributed by atoms with Crippen molar-refractivity contribution in [2.45, 2.75) is 492 Å². The van der Waals surface area contributed by atoms with E-state index in [1.165, 1.54) is 340 Å². The molecule has 9 N–H and O–H groups in total. The molecule has 0 aromatic carbocycles. The summed E-state index contributed by atoms with van der Waals surface area (Å²) in [6.07, 6.45) is 66.0. The lowest BCUT2D eigenvalue weighted by Gasteiger charge is -2.46. The molecule has 2 aliphatic heterocycles. The van der Waals surface area contributed by atoms with Crippen LogP contribution in [-0.4, -0.2) is 140 Å². The Balaban J connectivity index is 1.53. The molecule has 95 heavy (non-hydrogen) atoms. The lowest BCUT2D eigenvalue weighted by atomic mass is 9.97. The number of aliphatic hydroxyl groups is 8. The molecule has 2 rings (SSSR count). The molecule has 0 aliphatic carbocycles. The Labute approximate surface area is 584 Å². The monoisotopic (exact) mass is 1350 g/mol. The lowest BCUT2D eigenvalue weighted by Crippen LogP contribution is -2.65. The topological polar surface area (TPSA) is 228 Å². The van der Waals surface area contributed by atoms with E-state index in [0.29, 0.717) is 12.8 Å². The van der Waals surface area contributed by atoms with Crippen LogP contribution >= 0.6 is 0 Å². The standard InChI is InChI=1S/C81H159NO13/c1-3-5-7-9-11-13-15-17-19-21-23-25-26-27-28-29-30-31-32-33-34-35-36-37-38-39-40-41-42-43-45-47-49-51-53-55-57-59-61-63-65-73(86)82-69(70(85)64-62-60-58-56-54-52-50-48-46-44-24-22-20-18-16-14-12-10-8-6-4-2)68-92-80-78(91)76(89)79(72(67-84)94-80)95-81-77(90)75(88)74(87)71(66-83)93-81/h69-72,74-81,83-85,87-91H,3-68H2,1-2H3,(H,82,86). The summed E-state index contributed by atoms with van der Waals surface area (Å²) in [5.41, 5.74) is 0. The first-order chi connectivity index (χ1) is 46.6. The van der Waals surface area contributed by atoms with E-state index < -0.39 is 86.8 Å². The molecule has 2 aliphatic rings. The number of carbonyl (C=O) groups excluding carboxylic acids is 1. The fourth-order valence-corrected chi connectivity index (χ4v) is 14.5. The number of carbonyl (C=O) groups is 1.